The molecule has 6 nitrogen and oxygen atoms in total. The molecule has 0 aliphatic carbocycles. The van der Waals surface area contributed by atoms with Crippen molar-refractivity contribution in [3.8, 4) is 5.75 Å². The van der Waals surface area contributed by atoms with Crippen molar-refractivity contribution in [3.63, 3.8) is 0 Å². The largest absolute Gasteiger partial charge is 0.482 e. The van der Waals surface area contributed by atoms with E-state index in [1.54, 1.807) is 30.3 Å². The maximum absolute atomic E-state index is 12.2. The maximum atomic E-state index is 12.2. The van der Waals surface area contributed by atoms with Crippen molar-refractivity contribution in [1.82, 2.24) is 4.98 Å². The summed E-state index contributed by atoms with van der Waals surface area (Å²) in [6, 6.07) is 10.3. The molecule has 118 valence electrons. The number of rotatable bonds is 3. The number of hydrogen-bond acceptors (Lipinski definition) is 4. The minimum absolute atomic E-state index is 0.107. The number of pyridine rings is 1. The molecule has 1 aliphatic rings. The van der Waals surface area contributed by atoms with Crippen LogP contribution in [0.5, 0.6) is 5.75 Å². The summed E-state index contributed by atoms with van der Waals surface area (Å²) in [5, 5.41) is 3.14. The first-order chi connectivity index (χ1) is 11.0. The highest BCUT2D eigenvalue weighted by Crippen LogP contribution is 2.34. The van der Waals surface area contributed by atoms with Gasteiger partial charge in [-0.25, -0.2) is 4.98 Å². The average Bonchev–Trinajstić information content (AvgIpc) is 2.50. The summed E-state index contributed by atoms with van der Waals surface area (Å²) in [7, 11) is 0. The number of halogens is 1. The molecular formula is C16H14ClN3O3. The number of carbonyl (C=O) groups excluding carboxylic acids is 2. The van der Waals surface area contributed by atoms with Crippen molar-refractivity contribution in [3.05, 3.63) is 47.1 Å². The lowest BCUT2D eigenvalue weighted by molar-refractivity contribution is -0.123. The molecule has 0 unspecified atom stereocenters. The van der Waals surface area contributed by atoms with Gasteiger partial charge >= 0.3 is 0 Å². The summed E-state index contributed by atoms with van der Waals surface area (Å²) in [5.74, 6) is 0.328. The van der Waals surface area contributed by atoms with Gasteiger partial charge in [0, 0.05) is 10.7 Å². The van der Waals surface area contributed by atoms with Crippen LogP contribution >= 0.6 is 11.6 Å². The molecule has 0 saturated heterocycles. The Bertz CT molecular complexity index is 779. The van der Waals surface area contributed by atoms with E-state index in [2.05, 4.69) is 10.3 Å². The molecule has 0 bridgehead atoms. The molecule has 3 rings (SSSR count). The highest BCUT2D eigenvalue weighted by atomic mass is 35.5. The molecule has 2 amide bonds. The van der Waals surface area contributed by atoms with Crippen molar-refractivity contribution in [2.24, 2.45) is 0 Å². The monoisotopic (exact) mass is 331 g/mol. The van der Waals surface area contributed by atoms with Gasteiger partial charge in [0.05, 0.1) is 5.69 Å². The molecule has 1 aliphatic heterocycles. The summed E-state index contributed by atoms with van der Waals surface area (Å²) in [6.07, 6.45) is 0. The molecule has 1 N–H and O–H groups in total. The Hall–Kier alpha value is -2.60. The van der Waals surface area contributed by atoms with Gasteiger partial charge in [-0.05, 0) is 37.3 Å². The number of hydrogen-bond donors (Lipinski definition) is 1. The predicted molar refractivity (Wildman–Crippen MR) is 86.9 cm³/mol. The second-order valence-electron chi connectivity index (χ2n) is 5.09. The number of benzene rings is 1. The zero-order valence-electron chi connectivity index (χ0n) is 12.4. The number of amides is 2. The summed E-state index contributed by atoms with van der Waals surface area (Å²) in [5.41, 5.74) is 1.28. The summed E-state index contributed by atoms with van der Waals surface area (Å²) < 4.78 is 5.34. The Morgan fingerprint density at radius 1 is 1.39 bits per heavy atom. The van der Waals surface area contributed by atoms with Gasteiger partial charge in [-0.1, -0.05) is 17.7 Å². The topological polar surface area (TPSA) is 71.5 Å². The second kappa shape index (κ2) is 6.26. The lowest BCUT2D eigenvalue weighted by atomic mass is 10.2. The van der Waals surface area contributed by atoms with Crippen molar-refractivity contribution in [2.45, 2.75) is 6.92 Å². The molecular weight excluding hydrogens is 318 g/mol. The Morgan fingerprint density at radius 3 is 3.00 bits per heavy atom. The van der Waals surface area contributed by atoms with Gasteiger partial charge in [0.1, 0.15) is 18.1 Å². The van der Waals surface area contributed by atoms with E-state index in [-0.39, 0.29) is 25.0 Å². The first-order valence-corrected chi connectivity index (χ1v) is 7.37. The van der Waals surface area contributed by atoms with E-state index in [4.69, 9.17) is 16.3 Å². The van der Waals surface area contributed by atoms with Crippen LogP contribution in [0.15, 0.2) is 36.4 Å². The molecule has 7 heteroatoms. The third-order valence-electron chi connectivity index (χ3n) is 3.32. The first kappa shape index (κ1) is 15.3. The standard InChI is InChI=1S/C16H14ClN3O3/c1-10-3-2-4-14(18-10)19-15(21)8-20-12-7-11(17)5-6-13(12)23-9-16(20)22/h2-7H,8-9H2,1H3,(H,18,19,21). The summed E-state index contributed by atoms with van der Waals surface area (Å²) in [4.78, 5) is 29.8. The van der Waals surface area contributed by atoms with Crippen LogP contribution in [0.4, 0.5) is 11.5 Å². The van der Waals surface area contributed by atoms with E-state index in [1.165, 1.54) is 4.90 Å². The minimum atomic E-state index is -0.343. The molecule has 0 atom stereocenters. The summed E-state index contributed by atoms with van der Waals surface area (Å²) >= 11 is 5.97. The molecule has 1 aromatic carbocycles. The molecule has 1 aromatic heterocycles. The minimum Gasteiger partial charge on any atom is -0.482 e. The number of nitrogens with zero attached hydrogens (tertiary/aromatic N) is 2. The normalized spacial score (nSPS) is 13.3. The van der Waals surface area contributed by atoms with E-state index in [9.17, 15) is 9.59 Å². The lowest BCUT2D eigenvalue weighted by Gasteiger charge is -2.28. The van der Waals surface area contributed by atoms with Gasteiger partial charge in [-0.15, -0.1) is 0 Å². The molecule has 0 saturated carbocycles. The number of ether oxygens (including phenoxy) is 1. The number of anilines is 2. The van der Waals surface area contributed by atoms with Crippen LogP contribution in [-0.4, -0.2) is 29.9 Å². The van der Waals surface area contributed by atoms with Crippen LogP contribution in [-0.2, 0) is 9.59 Å². The van der Waals surface area contributed by atoms with Gasteiger partial charge < -0.3 is 10.1 Å². The Balaban J connectivity index is 1.78. The van der Waals surface area contributed by atoms with Crippen molar-refractivity contribution in [1.29, 1.82) is 0 Å². The van der Waals surface area contributed by atoms with Gasteiger partial charge in [-0.2, -0.15) is 0 Å². The van der Waals surface area contributed by atoms with Crippen LogP contribution in [0, 0.1) is 6.92 Å². The predicted octanol–water partition coefficient (Wildman–Crippen LogP) is 2.41. The van der Waals surface area contributed by atoms with Gasteiger partial charge in [0.25, 0.3) is 5.91 Å². The SMILES string of the molecule is Cc1cccc(NC(=O)CN2C(=O)COc3ccc(Cl)cc32)n1. The molecule has 2 heterocycles. The van der Waals surface area contributed by atoms with E-state index in [1.807, 2.05) is 13.0 Å². The van der Waals surface area contributed by atoms with Crippen molar-refractivity contribution < 1.29 is 14.3 Å². The van der Waals surface area contributed by atoms with E-state index >= 15 is 0 Å². The Kier molecular flexibility index (Phi) is 4.16. The van der Waals surface area contributed by atoms with E-state index in [0.29, 0.717) is 22.3 Å². The molecule has 23 heavy (non-hydrogen) atoms. The van der Waals surface area contributed by atoms with E-state index in [0.717, 1.165) is 5.69 Å². The average molecular weight is 332 g/mol. The Labute approximate surface area is 138 Å². The molecule has 0 fully saturated rings. The third-order valence-corrected chi connectivity index (χ3v) is 3.56. The van der Waals surface area contributed by atoms with Crippen LogP contribution in [0.2, 0.25) is 5.02 Å². The summed E-state index contributed by atoms with van der Waals surface area (Å²) in [6.45, 7) is 1.59. The fourth-order valence-corrected chi connectivity index (χ4v) is 2.45. The van der Waals surface area contributed by atoms with Crippen LogP contribution in [0.1, 0.15) is 5.69 Å². The lowest BCUT2D eigenvalue weighted by Crippen LogP contribution is -2.43. The number of fused-ring (bicyclic) bond motifs is 1. The van der Waals surface area contributed by atoms with Gasteiger partial charge in [0.2, 0.25) is 5.91 Å². The van der Waals surface area contributed by atoms with Crippen molar-refractivity contribution >= 4 is 34.9 Å². The third kappa shape index (κ3) is 3.43. The zero-order valence-corrected chi connectivity index (χ0v) is 13.1. The number of aromatic nitrogens is 1. The van der Waals surface area contributed by atoms with Crippen molar-refractivity contribution in [2.75, 3.05) is 23.4 Å². The van der Waals surface area contributed by atoms with Gasteiger partial charge in [0.15, 0.2) is 6.61 Å². The Morgan fingerprint density at radius 2 is 2.22 bits per heavy atom. The number of carbonyl (C=O) groups is 2. The van der Waals surface area contributed by atoms with Crippen LogP contribution in [0.25, 0.3) is 0 Å². The fourth-order valence-electron chi connectivity index (χ4n) is 2.29. The van der Waals surface area contributed by atoms with Crippen LogP contribution in [0.3, 0.4) is 0 Å². The first-order valence-electron chi connectivity index (χ1n) is 6.99. The molecule has 2 aromatic rings. The van der Waals surface area contributed by atoms with Gasteiger partial charge in [-0.3, -0.25) is 14.5 Å². The smallest absolute Gasteiger partial charge is 0.265 e. The molecule has 0 spiro atoms. The van der Waals surface area contributed by atoms with Crippen LogP contribution < -0.4 is 15.0 Å². The van der Waals surface area contributed by atoms with E-state index < -0.39 is 0 Å². The highest BCUT2D eigenvalue weighted by Gasteiger charge is 2.27. The molecule has 0 radical (unpaired) electrons. The maximum Gasteiger partial charge on any atom is 0.265 e. The fraction of sp³-hybridized carbons (Fsp3) is 0.188. The number of nitrogens with one attached hydrogen (secondary N) is 1. The zero-order chi connectivity index (χ0) is 16.4. The highest BCUT2D eigenvalue weighted by molar-refractivity contribution is 6.31. The number of aryl methyl sites for hydroxylation is 1. The quantitative estimate of drug-likeness (QED) is 0.937. The second-order valence-corrected chi connectivity index (χ2v) is 5.53.